The van der Waals surface area contributed by atoms with Gasteiger partial charge in [0.1, 0.15) is 5.82 Å². The van der Waals surface area contributed by atoms with Crippen LogP contribution in [0.2, 0.25) is 0 Å². The second-order valence-corrected chi connectivity index (χ2v) is 1.75. The number of rotatable bonds is 0. The number of nitrogens with two attached hydrogens (primary N) is 1. The minimum atomic E-state index is -0.324. The Hall–Kier alpha value is -0.752. The van der Waals surface area contributed by atoms with Crippen LogP contribution < -0.4 is 23.7 Å². The molecule has 0 saturated carbocycles. The van der Waals surface area contributed by atoms with Gasteiger partial charge in [-0.15, -0.1) is 0 Å². The summed E-state index contributed by atoms with van der Waals surface area (Å²) in [5.74, 6) is 0.262. The van der Waals surface area contributed by atoms with Gasteiger partial charge in [-0.2, -0.15) is 4.98 Å². The van der Waals surface area contributed by atoms with Gasteiger partial charge in [0.15, 0.2) is 0 Å². The van der Waals surface area contributed by atoms with Crippen LogP contribution in [0.5, 0.6) is 0 Å². The van der Waals surface area contributed by atoms with Crippen molar-refractivity contribution in [3.63, 3.8) is 0 Å². The Balaban J connectivity index is -0.000000101. The molecule has 1 aromatic heterocycles. The molecule has 8 heteroatoms. The van der Waals surface area contributed by atoms with Crippen LogP contribution in [0.1, 0.15) is 0 Å². The molecule has 0 bridgehead atoms. The van der Waals surface area contributed by atoms with Crippen LogP contribution in [0.4, 0.5) is 5.82 Å². The van der Waals surface area contributed by atoms with E-state index in [1.807, 2.05) is 0 Å². The van der Waals surface area contributed by atoms with E-state index in [0.29, 0.717) is 0 Å². The van der Waals surface area contributed by atoms with Crippen molar-refractivity contribution in [3.05, 3.63) is 22.7 Å². The number of hydrogen-bond donors (Lipinski definition) is 3. The van der Waals surface area contributed by atoms with E-state index in [9.17, 15) is 4.79 Å². The molecule has 0 aliphatic heterocycles. The normalized spacial score (nSPS) is 6.54. The fourth-order valence-corrected chi connectivity index (χ4v) is 0.479. The first-order valence-corrected chi connectivity index (χ1v) is 2.49. The van der Waals surface area contributed by atoms with Crippen LogP contribution in [-0.2, 0) is 33.6 Å². The van der Waals surface area contributed by atoms with E-state index in [1.54, 1.807) is 19.3 Å². The zero-order chi connectivity index (χ0) is 6.85. The molecule has 0 aliphatic rings. The third-order valence-corrected chi connectivity index (χ3v) is 0.995. The molecule has 0 aromatic carbocycles. The molecule has 0 spiro atoms. The summed E-state index contributed by atoms with van der Waals surface area (Å²) in [5.41, 5.74) is 4.88. The molecule has 0 unspecified atom stereocenters. The second-order valence-electron chi connectivity index (χ2n) is 1.75. The van der Waals surface area contributed by atoms with E-state index in [-0.39, 0.29) is 50.4 Å². The van der Waals surface area contributed by atoms with Crippen LogP contribution >= 0.6 is 0 Å². The Morgan fingerprint density at radius 2 is 1.92 bits per heavy atom. The fraction of sp³-hybridized carbons (Fsp3) is 0.200. The van der Waals surface area contributed by atoms with Gasteiger partial charge in [-0.05, 0) is 6.07 Å². The van der Waals surface area contributed by atoms with Crippen LogP contribution in [-0.4, -0.2) is 9.55 Å². The van der Waals surface area contributed by atoms with Crippen molar-refractivity contribution in [2.75, 3.05) is 5.73 Å². The molecule has 1 aromatic rings. The zero-order valence-electron chi connectivity index (χ0n) is 7.34. The van der Waals surface area contributed by atoms with E-state index in [4.69, 9.17) is 5.73 Å². The minimum Gasteiger partial charge on any atom is -0.457 e. The largest absolute Gasteiger partial charge is 4.00 e. The van der Waals surface area contributed by atoms with Crippen molar-refractivity contribution in [1.82, 2.24) is 21.9 Å². The third-order valence-electron chi connectivity index (χ3n) is 0.995. The molecule has 0 radical (unpaired) electrons. The first-order chi connectivity index (χ1) is 4.20. The number of anilines is 1. The quantitative estimate of drug-likeness (QED) is 0.484. The third kappa shape index (κ3) is 6.41. The van der Waals surface area contributed by atoms with Gasteiger partial charge in [-0.3, -0.25) is 0 Å². The molecule has 1 rings (SSSR count). The first-order valence-electron chi connectivity index (χ1n) is 2.49. The molecule has 0 aliphatic carbocycles. The van der Waals surface area contributed by atoms with Crippen LogP contribution in [0.15, 0.2) is 17.1 Å². The second kappa shape index (κ2) is 9.34. The molecule has 13 heavy (non-hydrogen) atoms. The average molecular weight is 373 g/mol. The zero-order valence-corrected chi connectivity index (χ0v) is 9.61. The van der Waals surface area contributed by atoms with Crippen LogP contribution in [0, 0.1) is 0 Å². The number of aryl methyl sites for hydroxylation is 1. The van der Waals surface area contributed by atoms with Gasteiger partial charge in [0.25, 0.3) is 0 Å². The van der Waals surface area contributed by atoms with Crippen molar-refractivity contribution < 1.29 is 26.5 Å². The summed E-state index contributed by atoms with van der Waals surface area (Å²) in [6.07, 6.45) is 1.57. The SMILES string of the molecule is Cn1ccc(N)nc1=O.N.N.[OH3+].[Pt+4]. The number of nitrogens with zero attached hydrogens (tertiary/aromatic N) is 2. The van der Waals surface area contributed by atoms with Gasteiger partial charge in [0.05, 0.1) is 0 Å². The predicted octanol–water partition coefficient (Wildman–Crippen LogP) is -1.24. The van der Waals surface area contributed by atoms with E-state index in [0.717, 1.165) is 0 Å². The molecule has 0 saturated heterocycles. The summed E-state index contributed by atoms with van der Waals surface area (Å²) >= 11 is 0. The summed E-state index contributed by atoms with van der Waals surface area (Å²) in [4.78, 5) is 14.1. The van der Waals surface area contributed by atoms with Gasteiger partial charge in [0.2, 0.25) is 0 Å². The Morgan fingerprint density at radius 1 is 1.46 bits per heavy atom. The Morgan fingerprint density at radius 3 is 2.23 bits per heavy atom. The maximum absolute atomic E-state index is 10.6. The molecule has 78 valence electrons. The molecular weight excluding hydrogens is 357 g/mol. The summed E-state index contributed by atoms with van der Waals surface area (Å²) in [5, 5.41) is 0. The van der Waals surface area contributed by atoms with Crippen LogP contribution in [0.3, 0.4) is 0 Å². The Kier molecular flexibility index (Phi) is 16.4. The summed E-state index contributed by atoms with van der Waals surface area (Å²) in [7, 11) is 1.62. The predicted molar refractivity (Wildman–Crippen MR) is 48.8 cm³/mol. The maximum Gasteiger partial charge on any atom is 4.00 e. The summed E-state index contributed by atoms with van der Waals surface area (Å²) in [6, 6.07) is 1.57. The molecule has 11 N–H and O–H groups in total. The van der Waals surface area contributed by atoms with Gasteiger partial charge in [-0.25, -0.2) is 4.79 Å². The van der Waals surface area contributed by atoms with E-state index in [2.05, 4.69) is 4.98 Å². The number of nitrogen functional groups attached to an aromatic ring is 1. The van der Waals surface area contributed by atoms with Crippen LogP contribution in [0.25, 0.3) is 0 Å². The van der Waals surface area contributed by atoms with Gasteiger partial charge in [0, 0.05) is 13.2 Å². The standard InChI is InChI=1S/C5H7N3O.2H3N.H2O.Pt/c1-8-3-2-4(6)7-5(8)9;;;;/h2-3H,1H3,(H2,6,7,9);2*1H3;1H2;/q;;;;+4/p+1. The minimum absolute atomic E-state index is 0. The molecule has 1 heterocycles. The summed E-state index contributed by atoms with van der Waals surface area (Å²) < 4.78 is 1.36. The monoisotopic (exact) mass is 373 g/mol. The van der Waals surface area contributed by atoms with Gasteiger partial charge in [-0.1, -0.05) is 0 Å². The van der Waals surface area contributed by atoms with Gasteiger partial charge < -0.3 is 28.1 Å². The maximum atomic E-state index is 10.6. The molecular formula is C5H16N5O2Pt+5. The van der Waals surface area contributed by atoms with Crippen molar-refractivity contribution in [2.24, 2.45) is 7.05 Å². The molecule has 0 atom stereocenters. The molecule has 7 nitrogen and oxygen atoms in total. The molecule has 0 fully saturated rings. The van der Waals surface area contributed by atoms with Crippen molar-refractivity contribution in [3.8, 4) is 0 Å². The van der Waals surface area contributed by atoms with Crippen molar-refractivity contribution in [1.29, 1.82) is 0 Å². The topological polar surface area (TPSA) is 164 Å². The van der Waals surface area contributed by atoms with Crippen molar-refractivity contribution in [2.45, 2.75) is 0 Å². The fourth-order valence-electron chi connectivity index (χ4n) is 0.479. The smallest absolute Gasteiger partial charge is 0.457 e. The average Bonchev–Trinajstić information content (AvgIpc) is 1.80. The van der Waals surface area contributed by atoms with E-state index in [1.165, 1.54) is 4.57 Å². The van der Waals surface area contributed by atoms with E-state index < -0.39 is 0 Å². The molecule has 0 amide bonds. The van der Waals surface area contributed by atoms with Crippen molar-refractivity contribution >= 4 is 5.82 Å². The summed E-state index contributed by atoms with van der Waals surface area (Å²) in [6.45, 7) is 0. The number of hydrogen-bond acceptors (Lipinski definition) is 5. The first kappa shape index (κ1) is 22.8. The Labute approximate surface area is 90.1 Å². The Bertz CT molecular complexity index is 276. The van der Waals surface area contributed by atoms with E-state index >= 15 is 0 Å². The van der Waals surface area contributed by atoms with Gasteiger partial charge >= 0.3 is 26.8 Å². The number of aromatic nitrogens is 2.